The molecule has 0 spiro atoms. The molecule has 4 aliphatic heterocycles. The van der Waals surface area contributed by atoms with E-state index >= 15 is 0 Å². The van der Waals surface area contributed by atoms with E-state index in [1.165, 1.54) is 116 Å². The van der Waals surface area contributed by atoms with Crippen molar-refractivity contribution in [3.05, 3.63) is 23.8 Å². The Kier molecular flexibility index (Phi) is 8.99. The number of allylic oxidation sites excluding steroid dienone is 1. The minimum absolute atomic E-state index is 0.318. The molecule has 6 bridgehead atoms. The third-order valence-corrected chi connectivity index (χ3v) is 9.98. The summed E-state index contributed by atoms with van der Waals surface area (Å²) in [7, 11) is 0. The Balaban J connectivity index is 1.47. The maximum atomic E-state index is 13.3. The summed E-state index contributed by atoms with van der Waals surface area (Å²) in [5.41, 5.74) is 1.74. The van der Waals surface area contributed by atoms with Gasteiger partial charge in [0.25, 0.3) is 0 Å². The number of Topliss-reactive ketones (excluding diaryl/α,β-unsaturated/α-hetero) is 1. The number of fused-ring (bicyclic) bond motifs is 1. The zero-order valence-corrected chi connectivity index (χ0v) is 21.8. The first-order chi connectivity index (χ1) is 16.8. The number of carbonyl (C=O) groups excluding carboxylic acids is 1. The third kappa shape index (κ3) is 6.06. The number of rotatable bonds is 0. The van der Waals surface area contributed by atoms with Crippen molar-refractivity contribution >= 4 is 5.78 Å². The second-order valence-corrected chi connectivity index (χ2v) is 12.2. The van der Waals surface area contributed by atoms with Crippen LogP contribution in [0.15, 0.2) is 23.8 Å². The van der Waals surface area contributed by atoms with Crippen LogP contribution < -0.4 is 0 Å². The van der Waals surface area contributed by atoms with Crippen LogP contribution >= 0.6 is 0 Å². The fourth-order valence-corrected chi connectivity index (χ4v) is 8.28. The predicted molar refractivity (Wildman–Crippen MR) is 142 cm³/mol. The SMILES string of the molecule is O=C1CCN2CCC3C4C=C5CCCCCCCC1C2C3CCCCCCC=CCCN(C5)C4. The molecule has 0 radical (unpaired) electrons. The van der Waals surface area contributed by atoms with Gasteiger partial charge in [0, 0.05) is 44.6 Å². The minimum atomic E-state index is 0.318. The van der Waals surface area contributed by atoms with Gasteiger partial charge >= 0.3 is 0 Å². The molecule has 3 heteroatoms. The van der Waals surface area contributed by atoms with Crippen LogP contribution in [0.25, 0.3) is 0 Å². The molecule has 4 heterocycles. The van der Waals surface area contributed by atoms with E-state index in [9.17, 15) is 4.79 Å². The summed E-state index contributed by atoms with van der Waals surface area (Å²) in [4.78, 5) is 18.9. The number of hydrogen-bond acceptors (Lipinski definition) is 3. The van der Waals surface area contributed by atoms with E-state index in [-0.39, 0.29) is 0 Å². The van der Waals surface area contributed by atoms with Crippen molar-refractivity contribution in [2.24, 2.45) is 23.7 Å². The molecule has 190 valence electrons. The second kappa shape index (κ2) is 12.3. The van der Waals surface area contributed by atoms with Gasteiger partial charge in [-0.25, -0.2) is 0 Å². The van der Waals surface area contributed by atoms with Crippen LogP contribution in [-0.4, -0.2) is 54.3 Å². The number of carbonyl (C=O) groups is 1. The molecule has 0 aromatic carbocycles. The molecule has 0 amide bonds. The van der Waals surface area contributed by atoms with Crippen LogP contribution in [0.4, 0.5) is 0 Å². The van der Waals surface area contributed by atoms with Gasteiger partial charge in [-0.2, -0.15) is 0 Å². The Morgan fingerprint density at radius 1 is 0.706 bits per heavy atom. The molecule has 0 aromatic heterocycles. The lowest BCUT2D eigenvalue weighted by atomic mass is 9.64. The molecule has 5 aliphatic rings. The van der Waals surface area contributed by atoms with E-state index in [0.29, 0.717) is 23.7 Å². The number of hydrogen-bond donors (Lipinski definition) is 0. The van der Waals surface area contributed by atoms with Gasteiger partial charge in [-0.1, -0.05) is 68.7 Å². The molecule has 2 saturated heterocycles. The third-order valence-electron chi connectivity index (χ3n) is 9.98. The summed E-state index contributed by atoms with van der Waals surface area (Å²) in [5, 5.41) is 0. The lowest BCUT2D eigenvalue weighted by molar-refractivity contribution is -0.135. The fourth-order valence-electron chi connectivity index (χ4n) is 8.28. The molecule has 5 rings (SSSR count). The first-order valence-corrected chi connectivity index (χ1v) is 15.1. The van der Waals surface area contributed by atoms with Crippen LogP contribution in [0.2, 0.25) is 0 Å². The van der Waals surface area contributed by atoms with Crippen LogP contribution in [-0.2, 0) is 4.79 Å². The Labute approximate surface area is 209 Å². The van der Waals surface area contributed by atoms with Crippen molar-refractivity contribution in [3.63, 3.8) is 0 Å². The summed E-state index contributed by atoms with van der Waals surface area (Å²) < 4.78 is 0. The van der Waals surface area contributed by atoms with Crippen LogP contribution in [0.5, 0.6) is 0 Å². The topological polar surface area (TPSA) is 23.6 Å². The molecule has 2 fully saturated rings. The van der Waals surface area contributed by atoms with Gasteiger partial charge in [-0.05, 0) is 75.7 Å². The Hall–Kier alpha value is -0.930. The van der Waals surface area contributed by atoms with E-state index in [1.807, 2.05) is 0 Å². The summed E-state index contributed by atoms with van der Waals surface area (Å²) in [6.45, 7) is 5.95. The first kappa shape index (κ1) is 24.8. The lowest BCUT2D eigenvalue weighted by Gasteiger charge is -2.53. The fraction of sp³-hybridized carbons (Fsp3) is 0.839. The summed E-state index contributed by atoms with van der Waals surface area (Å²) in [5.74, 6) is 3.12. The molecule has 1 aliphatic carbocycles. The van der Waals surface area contributed by atoms with E-state index in [0.717, 1.165) is 31.2 Å². The van der Waals surface area contributed by atoms with Crippen molar-refractivity contribution in [1.82, 2.24) is 9.80 Å². The molecule has 0 saturated carbocycles. The average Bonchev–Trinajstić information content (AvgIpc) is 2.85. The summed E-state index contributed by atoms with van der Waals surface area (Å²) in [6.07, 6.45) is 28.3. The zero-order chi connectivity index (χ0) is 23.2. The van der Waals surface area contributed by atoms with E-state index < -0.39 is 0 Å². The van der Waals surface area contributed by atoms with Gasteiger partial charge < -0.3 is 0 Å². The molecule has 34 heavy (non-hydrogen) atoms. The molecule has 3 nitrogen and oxygen atoms in total. The highest BCUT2D eigenvalue weighted by Crippen LogP contribution is 2.45. The van der Waals surface area contributed by atoms with Crippen molar-refractivity contribution in [1.29, 1.82) is 0 Å². The van der Waals surface area contributed by atoms with Crippen molar-refractivity contribution in [3.8, 4) is 0 Å². The molecule has 6 atom stereocenters. The second-order valence-electron chi connectivity index (χ2n) is 12.2. The molecule has 0 N–H and O–H groups in total. The van der Waals surface area contributed by atoms with Crippen LogP contribution in [0.1, 0.15) is 103 Å². The Morgan fingerprint density at radius 3 is 2.44 bits per heavy atom. The smallest absolute Gasteiger partial charge is 0.138 e. The maximum absolute atomic E-state index is 13.3. The monoisotopic (exact) mass is 466 g/mol. The van der Waals surface area contributed by atoms with Crippen molar-refractivity contribution in [2.75, 3.05) is 32.7 Å². The van der Waals surface area contributed by atoms with Gasteiger partial charge in [0.1, 0.15) is 5.78 Å². The number of nitrogens with zero attached hydrogens (tertiary/aromatic N) is 2. The number of ketones is 1. The largest absolute Gasteiger partial charge is 0.299 e. The molecule has 0 aromatic rings. The predicted octanol–water partition coefficient (Wildman–Crippen LogP) is 6.79. The highest BCUT2D eigenvalue weighted by Gasteiger charge is 2.48. The highest BCUT2D eigenvalue weighted by molar-refractivity contribution is 5.82. The number of piperidine rings is 2. The standard InChI is InChI=1S/C31H50N2O/c34-30-18-21-33-20-17-27-26-22-25-14-10-6-5-8-12-16-29(30)31(33)28(27)15-11-7-3-1-2-4-9-13-19-32(23-25)24-26/h4,9,22,26-29,31H,1-3,5-8,10-21,23-24H2. The van der Waals surface area contributed by atoms with Gasteiger partial charge in [-0.3, -0.25) is 14.6 Å². The quantitative estimate of drug-likeness (QED) is 0.367. The molecular formula is C31H50N2O. The summed E-state index contributed by atoms with van der Waals surface area (Å²) >= 11 is 0. The van der Waals surface area contributed by atoms with Crippen LogP contribution in [0, 0.1) is 23.7 Å². The minimum Gasteiger partial charge on any atom is -0.299 e. The van der Waals surface area contributed by atoms with E-state index in [2.05, 4.69) is 28.0 Å². The average molecular weight is 467 g/mol. The Bertz CT molecular complexity index is 727. The van der Waals surface area contributed by atoms with Gasteiger partial charge in [-0.15, -0.1) is 0 Å². The summed E-state index contributed by atoms with van der Waals surface area (Å²) in [6, 6.07) is 0.535. The van der Waals surface area contributed by atoms with Gasteiger partial charge in [0.05, 0.1) is 0 Å². The Morgan fingerprint density at radius 2 is 1.50 bits per heavy atom. The van der Waals surface area contributed by atoms with Crippen molar-refractivity contribution < 1.29 is 4.79 Å². The molecule has 6 unspecified atom stereocenters. The van der Waals surface area contributed by atoms with Crippen LogP contribution in [0.3, 0.4) is 0 Å². The van der Waals surface area contributed by atoms with E-state index in [4.69, 9.17) is 0 Å². The lowest BCUT2D eigenvalue weighted by Crippen LogP contribution is -2.59. The first-order valence-electron chi connectivity index (χ1n) is 15.1. The van der Waals surface area contributed by atoms with Gasteiger partial charge in [0.15, 0.2) is 0 Å². The zero-order valence-electron chi connectivity index (χ0n) is 21.8. The van der Waals surface area contributed by atoms with Gasteiger partial charge in [0.2, 0.25) is 0 Å². The molecular weight excluding hydrogens is 416 g/mol. The highest BCUT2D eigenvalue weighted by atomic mass is 16.1. The van der Waals surface area contributed by atoms with E-state index in [1.54, 1.807) is 5.57 Å². The normalized spacial score (nSPS) is 39.1. The maximum Gasteiger partial charge on any atom is 0.138 e. The van der Waals surface area contributed by atoms with Crippen molar-refractivity contribution in [2.45, 2.75) is 109 Å².